The van der Waals surface area contributed by atoms with Crippen molar-refractivity contribution in [1.82, 2.24) is 4.72 Å². The lowest BCUT2D eigenvalue weighted by molar-refractivity contribution is -0.275. The van der Waals surface area contributed by atoms with Gasteiger partial charge in [0.15, 0.2) is 11.5 Å². The molecule has 0 aromatic heterocycles. The molecule has 0 aliphatic rings. The normalized spacial score (nSPS) is 13.1. The Bertz CT molecular complexity index is 917. The molecule has 2 aromatic carbocycles. The second-order valence-corrected chi connectivity index (χ2v) is 7.21. The van der Waals surface area contributed by atoms with Crippen LogP contribution < -0.4 is 18.9 Å². The van der Waals surface area contributed by atoms with Crippen LogP contribution in [0.3, 0.4) is 0 Å². The molecule has 0 radical (unpaired) electrons. The predicted octanol–water partition coefficient (Wildman–Crippen LogP) is 2.61. The number of hydrogen-bond acceptors (Lipinski definition) is 6. The molecule has 0 amide bonds. The van der Waals surface area contributed by atoms with E-state index in [0.29, 0.717) is 17.1 Å². The van der Waals surface area contributed by atoms with Crippen molar-refractivity contribution in [3.8, 4) is 17.2 Å². The van der Waals surface area contributed by atoms with Crippen molar-refractivity contribution in [2.75, 3.05) is 20.8 Å². The second kappa shape index (κ2) is 8.67. The number of hydrogen-bond donors (Lipinski definition) is 2. The molecule has 0 saturated heterocycles. The summed E-state index contributed by atoms with van der Waals surface area (Å²) < 4.78 is 78.2. The number of para-hydroxylation sites is 1. The quantitative estimate of drug-likeness (QED) is 0.681. The highest BCUT2D eigenvalue weighted by Crippen LogP contribution is 2.31. The molecule has 2 rings (SSSR count). The molecule has 0 spiro atoms. The molecule has 154 valence electrons. The van der Waals surface area contributed by atoms with E-state index in [1.54, 1.807) is 0 Å². The first-order valence-electron chi connectivity index (χ1n) is 7.82. The molecule has 11 heteroatoms. The standard InChI is InChI=1S/C17H18F3NO6S/c1-25-13-8-7-11(9-15(13)26-2)12(22)10-21-28(23,24)16-6-4-3-5-14(16)27-17(18,19)20/h3-9,12,21-22H,10H2,1-2H3/t12-/m0/s1. The summed E-state index contributed by atoms with van der Waals surface area (Å²) in [6.07, 6.45) is -6.34. The van der Waals surface area contributed by atoms with Gasteiger partial charge in [-0.15, -0.1) is 13.2 Å². The van der Waals surface area contributed by atoms with Gasteiger partial charge in [0.25, 0.3) is 0 Å². The van der Waals surface area contributed by atoms with Gasteiger partial charge in [0.2, 0.25) is 10.0 Å². The van der Waals surface area contributed by atoms with Gasteiger partial charge in [-0.1, -0.05) is 18.2 Å². The summed E-state index contributed by atoms with van der Waals surface area (Å²) in [5.74, 6) is -0.133. The Hall–Kier alpha value is -2.50. The van der Waals surface area contributed by atoms with Crippen LogP contribution in [0.25, 0.3) is 0 Å². The van der Waals surface area contributed by atoms with E-state index in [1.165, 1.54) is 44.6 Å². The maximum absolute atomic E-state index is 12.5. The first-order chi connectivity index (χ1) is 13.1. The minimum Gasteiger partial charge on any atom is -0.493 e. The van der Waals surface area contributed by atoms with Crippen molar-refractivity contribution in [2.45, 2.75) is 17.4 Å². The van der Waals surface area contributed by atoms with Crippen LogP contribution in [0.15, 0.2) is 47.4 Å². The lowest BCUT2D eigenvalue weighted by Gasteiger charge is -2.16. The van der Waals surface area contributed by atoms with Crippen LogP contribution >= 0.6 is 0 Å². The van der Waals surface area contributed by atoms with Gasteiger partial charge >= 0.3 is 6.36 Å². The van der Waals surface area contributed by atoms with Gasteiger partial charge in [-0.25, -0.2) is 13.1 Å². The van der Waals surface area contributed by atoms with Gasteiger partial charge in [0.1, 0.15) is 10.6 Å². The number of nitrogens with one attached hydrogen (secondary N) is 1. The van der Waals surface area contributed by atoms with Crippen LogP contribution in [0.2, 0.25) is 0 Å². The van der Waals surface area contributed by atoms with E-state index in [0.717, 1.165) is 12.1 Å². The Balaban J connectivity index is 2.18. The summed E-state index contributed by atoms with van der Waals surface area (Å²) in [5.41, 5.74) is 0.320. The number of halogens is 3. The topological polar surface area (TPSA) is 94.1 Å². The summed E-state index contributed by atoms with van der Waals surface area (Å²) in [6, 6.07) is 8.79. The van der Waals surface area contributed by atoms with Gasteiger partial charge in [-0.05, 0) is 29.8 Å². The van der Waals surface area contributed by atoms with Crippen molar-refractivity contribution in [3.05, 3.63) is 48.0 Å². The predicted molar refractivity (Wildman–Crippen MR) is 92.8 cm³/mol. The maximum Gasteiger partial charge on any atom is 0.573 e. The molecule has 0 unspecified atom stereocenters. The third-order valence-corrected chi connectivity index (χ3v) is 5.09. The minimum absolute atomic E-state index is 0.320. The monoisotopic (exact) mass is 421 g/mol. The molecule has 2 aromatic rings. The molecule has 1 atom stereocenters. The average Bonchev–Trinajstić information content (AvgIpc) is 2.64. The number of ether oxygens (including phenoxy) is 3. The van der Waals surface area contributed by atoms with Crippen LogP contribution in [0.4, 0.5) is 13.2 Å². The van der Waals surface area contributed by atoms with Crippen molar-refractivity contribution < 1.29 is 40.9 Å². The Labute approximate surface area is 159 Å². The Morgan fingerprint density at radius 3 is 2.29 bits per heavy atom. The Kier molecular flexibility index (Phi) is 6.75. The van der Waals surface area contributed by atoms with Crippen LogP contribution in [0, 0.1) is 0 Å². The van der Waals surface area contributed by atoms with E-state index in [9.17, 15) is 26.7 Å². The van der Waals surface area contributed by atoms with Gasteiger partial charge in [-0.2, -0.15) is 0 Å². The summed E-state index contributed by atoms with van der Waals surface area (Å²) in [4.78, 5) is -0.702. The number of aliphatic hydroxyl groups is 1. The zero-order valence-corrected chi connectivity index (χ0v) is 15.7. The molecule has 0 aliphatic heterocycles. The number of methoxy groups -OCH3 is 2. The zero-order valence-electron chi connectivity index (χ0n) is 14.9. The van der Waals surface area contributed by atoms with E-state index < -0.39 is 39.7 Å². The van der Waals surface area contributed by atoms with Crippen molar-refractivity contribution in [1.29, 1.82) is 0 Å². The van der Waals surface area contributed by atoms with Crippen molar-refractivity contribution in [3.63, 3.8) is 0 Å². The molecule has 28 heavy (non-hydrogen) atoms. The Morgan fingerprint density at radius 2 is 1.68 bits per heavy atom. The second-order valence-electron chi connectivity index (χ2n) is 5.48. The smallest absolute Gasteiger partial charge is 0.493 e. The molecule has 0 aliphatic carbocycles. The summed E-state index contributed by atoms with van der Waals surface area (Å²) in [6.45, 7) is -0.488. The first-order valence-corrected chi connectivity index (χ1v) is 9.30. The zero-order chi connectivity index (χ0) is 20.9. The van der Waals surface area contributed by atoms with Crippen LogP contribution in [-0.2, 0) is 10.0 Å². The Morgan fingerprint density at radius 1 is 1.04 bits per heavy atom. The fourth-order valence-electron chi connectivity index (χ4n) is 2.33. The van der Waals surface area contributed by atoms with Crippen LogP contribution in [-0.4, -0.2) is 40.7 Å². The minimum atomic E-state index is -5.05. The molecular formula is C17H18F3NO6S. The molecule has 2 N–H and O–H groups in total. The fourth-order valence-corrected chi connectivity index (χ4v) is 3.49. The highest BCUT2D eigenvalue weighted by atomic mass is 32.2. The SMILES string of the molecule is COc1ccc([C@@H](O)CNS(=O)(=O)c2ccccc2OC(F)(F)F)cc1OC. The van der Waals surface area contributed by atoms with E-state index in [1.807, 2.05) is 0 Å². The van der Waals surface area contributed by atoms with E-state index >= 15 is 0 Å². The van der Waals surface area contributed by atoms with Gasteiger partial charge < -0.3 is 19.3 Å². The molecular weight excluding hydrogens is 403 g/mol. The third kappa shape index (κ3) is 5.50. The highest BCUT2D eigenvalue weighted by molar-refractivity contribution is 7.89. The summed E-state index contributed by atoms with van der Waals surface area (Å²) in [5, 5.41) is 10.2. The van der Waals surface area contributed by atoms with Crippen molar-refractivity contribution >= 4 is 10.0 Å². The largest absolute Gasteiger partial charge is 0.573 e. The molecule has 0 bridgehead atoms. The van der Waals surface area contributed by atoms with Gasteiger partial charge in [0, 0.05) is 6.54 Å². The van der Waals surface area contributed by atoms with Crippen LogP contribution in [0.5, 0.6) is 17.2 Å². The molecule has 7 nitrogen and oxygen atoms in total. The fraction of sp³-hybridized carbons (Fsp3) is 0.294. The number of sulfonamides is 1. The highest BCUT2D eigenvalue weighted by Gasteiger charge is 2.34. The van der Waals surface area contributed by atoms with E-state index in [2.05, 4.69) is 9.46 Å². The van der Waals surface area contributed by atoms with Crippen molar-refractivity contribution in [2.24, 2.45) is 0 Å². The lowest BCUT2D eigenvalue weighted by atomic mass is 10.1. The van der Waals surface area contributed by atoms with E-state index in [4.69, 9.17) is 9.47 Å². The molecule has 0 fully saturated rings. The average molecular weight is 421 g/mol. The van der Waals surface area contributed by atoms with Gasteiger partial charge in [0.05, 0.1) is 20.3 Å². The molecule has 0 saturated carbocycles. The van der Waals surface area contributed by atoms with Crippen LogP contribution in [0.1, 0.15) is 11.7 Å². The summed E-state index contributed by atoms with van der Waals surface area (Å²) in [7, 11) is -1.56. The number of rotatable bonds is 8. The first kappa shape index (κ1) is 21.8. The number of aliphatic hydroxyl groups excluding tert-OH is 1. The maximum atomic E-state index is 12.5. The number of alkyl halides is 3. The summed E-state index contributed by atoms with van der Waals surface area (Å²) >= 11 is 0. The number of benzene rings is 2. The van der Waals surface area contributed by atoms with Gasteiger partial charge in [-0.3, -0.25) is 0 Å². The third-order valence-electron chi connectivity index (χ3n) is 3.62. The van der Waals surface area contributed by atoms with E-state index in [-0.39, 0.29) is 0 Å². The molecule has 0 heterocycles. The lowest BCUT2D eigenvalue weighted by Crippen LogP contribution is -2.29.